The van der Waals surface area contributed by atoms with Crippen molar-refractivity contribution < 1.29 is 9.53 Å². The van der Waals surface area contributed by atoms with Crippen molar-refractivity contribution in [3.05, 3.63) is 63.5 Å². The second-order valence-corrected chi connectivity index (χ2v) is 5.95. The minimum Gasteiger partial charge on any atom is -0.484 e. The molecule has 1 aromatic heterocycles. The SMILES string of the molecule is O=C(COc1cccc(Br)c1)NCCCCn1ccccc1=O. The number of aromatic nitrogens is 1. The molecule has 0 spiro atoms. The molecule has 2 rings (SSSR count). The zero-order valence-corrected chi connectivity index (χ0v) is 14.3. The van der Waals surface area contributed by atoms with Crippen LogP contribution < -0.4 is 15.6 Å². The normalized spacial score (nSPS) is 10.3. The molecule has 5 nitrogen and oxygen atoms in total. The Morgan fingerprint density at radius 2 is 2.04 bits per heavy atom. The number of carbonyl (C=O) groups is 1. The van der Waals surface area contributed by atoms with Crippen LogP contribution in [0.5, 0.6) is 5.75 Å². The summed E-state index contributed by atoms with van der Waals surface area (Å²) in [6.07, 6.45) is 3.41. The number of rotatable bonds is 8. The Bertz CT molecular complexity index is 700. The predicted molar refractivity (Wildman–Crippen MR) is 92.6 cm³/mol. The lowest BCUT2D eigenvalue weighted by Gasteiger charge is -2.08. The smallest absolute Gasteiger partial charge is 0.257 e. The first-order valence-corrected chi connectivity index (χ1v) is 8.25. The molecule has 0 bridgehead atoms. The number of benzene rings is 1. The second-order valence-electron chi connectivity index (χ2n) is 5.04. The summed E-state index contributed by atoms with van der Waals surface area (Å²) in [5, 5.41) is 2.81. The number of nitrogens with zero attached hydrogens (tertiary/aromatic N) is 1. The summed E-state index contributed by atoms with van der Waals surface area (Å²) in [5.41, 5.74) is -0.000965. The van der Waals surface area contributed by atoms with Crippen molar-refractivity contribution >= 4 is 21.8 Å². The van der Waals surface area contributed by atoms with E-state index in [2.05, 4.69) is 21.2 Å². The van der Waals surface area contributed by atoms with Crippen molar-refractivity contribution in [1.29, 1.82) is 0 Å². The highest BCUT2D eigenvalue weighted by Crippen LogP contribution is 2.17. The first-order chi connectivity index (χ1) is 11.1. The molecule has 0 aliphatic heterocycles. The summed E-state index contributed by atoms with van der Waals surface area (Å²) < 4.78 is 7.98. The summed E-state index contributed by atoms with van der Waals surface area (Å²) in [6.45, 7) is 1.22. The van der Waals surface area contributed by atoms with Gasteiger partial charge in [-0.05, 0) is 37.1 Å². The van der Waals surface area contributed by atoms with Crippen molar-refractivity contribution in [3.63, 3.8) is 0 Å². The first kappa shape index (κ1) is 17.3. The standard InChI is InChI=1S/C17H19BrN2O3/c18-14-6-5-7-15(12-14)23-13-16(21)19-9-2-4-11-20-10-3-1-8-17(20)22/h1,3,5-8,10,12H,2,4,9,11,13H2,(H,19,21). The molecule has 0 saturated carbocycles. The lowest BCUT2D eigenvalue weighted by Crippen LogP contribution is -2.30. The third-order valence-electron chi connectivity index (χ3n) is 3.21. The van der Waals surface area contributed by atoms with E-state index < -0.39 is 0 Å². The van der Waals surface area contributed by atoms with Crippen LogP contribution in [-0.2, 0) is 11.3 Å². The van der Waals surface area contributed by atoms with Gasteiger partial charge in [0.15, 0.2) is 6.61 Å². The molecule has 0 aliphatic rings. The van der Waals surface area contributed by atoms with Gasteiger partial charge in [-0.1, -0.05) is 28.1 Å². The Kier molecular flexibility index (Phi) is 6.87. The van der Waals surface area contributed by atoms with Gasteiger partial charge >= 0.3 is 0 Å². The van der Waals surface area contributed by atoms with Gasteiger partial charge in [0.2, 0.25) is 5.56 Å². The van der Waals surface area contributed by atoms with E-state index in [1.165, 1.54) is 0 Å². The Hall–Kier alpha value is -2.08. The molecule has 1 N–H and O–H groups in total. The van der Waals surface area contributed by atoms with Gasteiger partial charge in [-0.25, -0.2) is 0 Å². The fourth-order valence-electron chi connectivity index (χ4n) is 2.04. The van der Waals surface area contributed by atoms with Crippen LogP contribution >= 0.6 is 15.9 Å². The fourth-order valence-corrected chi connectivity index (χ4v) is 2.42. The zero-order valence-electron chi connectivity index (χ0n) is 12.7. The van der Waals surface area contributed by atoms with Gasteiger partial charge in [-0.3, -0.25) is 9.59 Å². The third kappa shape index (κ3) is 6.28. The Labute approximate surface area is 143 Å². The summed E-state index contributed by atoms with van der Waals surface area (Å²) in [5.74, 6) is 0.500. The topological polar surface area (TPSA) is 60.3 Å². The van der Waals surface area contributed by atoms with Crippen LogP contribution in [0.4, 0.5) is 0 Å². The van der Waals surface area contributed by atoms with Crippen LogP contribution in [0.2, 0.25) is 0 Å². The molecule has 122 valence electrons. The molecule has 1 amide bonds. The average molecular weight is 379 g/mol. The molecule has 0 radical (unpaired) electrons. The summed E-state index contributed by atoms with van der Waals surface area (Å²) in [6, 6.07) is 12.5. The van der Waals surface area contributed by atoms with Gasteiger partial charge in [0.05, 0.1) is 0 Å². The predicted octanol–water partition coefficient (Wildman–Crippen LogP) is 2.59. The van der Waals surface area contributed by atoms with Crippen LogP contribution in [-0.4, -0.2) is 23.6 Å². The van der Waals surface area contributed by atoms with Crippen molar-refractivity contribution in [2.24, 2.45) is 0 Å². The minimum absolute atomic E-state index is 0.000965. The highest BCUT2D eigenvalue weighted by Gasteiger charge is 2.02. The number of halogens is 1. The van der Waals surface area contributed by atoms with Crippen molar-refractivity contribution in [3.8, 4) is 5.75 Å². The highest BCUT2D eigenvalue weighted by molar-refractivity contribution is 9.10. The number of hydrogen-bond donors (Lipinski definition) is 1. The van der Waals surface area contributed by atoms with Crippen LogP contribution in [0.15, 0.2) is 57.9 Å². The van der Waals surface area contributed by atoms with E-state index in [1.54, 1.807) is 29.0 Å². The van der Waals surface area contributed by atoms with E-state index in [4.69, 9.17) is 4.74 Å². The number of hydrogen-bond acceptors (Lipinski definition) is 3. The van der Waals surface area contributed by atoms with Gasteiger partial charge in [0.25, 0.3) is 5.91 Å². The molecule has 0 saturated heterocycles. The Morgan fingerprint density at radius 3 is 2.83 bits per heavy atom. The van der Waals surface area contributed by atoms with Crippen LogP contribution in [0, 0.1) is 0 Å². The molecule has 1 heterocycles. The molecular weight excluding hydrogens is 360 g/mol. The third-order valence-corrected chi connectivity index (χ3v) is 3.71. The number of amides is 1. The number of nitrogens with one attached hydrogen (secondary N) is 1. The maximum absolute atomic E-state index is 11.7. The molecule has 0 fully saturated rings. The van der Waals surface area contributed by atoms with E-state index in [-0.39, 0.29) is 18.1 Å². The van der Waals surface area contributed by atoms with E-state index in [0.717, 1.165) is 17.3 Å². The van der Waals surface area contributed by atoms with Gasteiger partial charge in [-0.15, -0.1) is 0 Å². The number of pyridine rings is 1. The largest absolute Gasteiger partial charge is 0.484 e. The molecule has 6 heteroatoms. The first-order valence-electron chi connectivity index (χ1n) is 7.46. The monoisotopic (exact) mass is 378 g/mol. The van der Waals surface area contributed by atoms with Gasteiger partial charge < -0.3 is 14.6 Å². The van der Waals surface area contributed by atoms with Crippen molar-refractivity contribution in [2.75, 3.05) is 13.2 Å². The van der Waals surface area contributed by atoms with Crippen LogP contribution in [0.3, 0.4) is 0 Å². The van der Waals surface area contributed by atoms with E-state index in [1.807, 2.05) is 24.3 Å². The van der Waals surface area contributed by atoms with Gasteiger partial charge in [-0.2, -0.15) is 0 Å². The molecule has 23 heavy (non-hydrogen) atoms. The Morgan fingerprint density at radius 1 is 1.17 bits per heavy atom. The second kappa shape index (κ2) is 9.15. The van der Waals surface area contributed by atoms with Gasteiger partial charge in [0.1, 0.15) is 5.75 Å². The summed E-state index contributed by atoms with van der Waals surface area (Å²) in [7, 11) is 0. The molecule has 0 unspecified atom stereocenters. The summed E-state index contributed by atoms with van der Waals surface area (Å²) >= 11 is 3.35. The quantitative estimate of drug-likeness (QED) is 0.718. The van der Waals surface area contributed by atoms with Crippen LogP contribution in [0.25, 0.3) is 0 Å². The molecular formula is C17H19BrN2O3. The van der Waals surface area contributed by atoms with Crippen molar-refractivity contribution in [2.45, 2.75) is 19.4 Å². The molecule has 0 atom stereocenters. The molecule has 0 aliphatic carbocycles. The maximum atomic E-state index is 11.7. The number of carbonyl (C=O) groups excluding carboxylic acids is 1. The average Bonchev–Trinajstić information content (AvgIpc) is 2.54. The number of unbranched alkanes of at least 4 members (excludes halogenated alkanes) is 1. The van der Waals surface area contributed by atoms with E-state index >= 15 is 0 Å². The zero-order chi connectivity index (χ0) is 16.5. The number of ether oxygens (including phenoxy) is 1. The maximum Gasteiger partial charge on any atom is 0.257 e. The fraction of sp³-hybridized carbons (Fsp3) is 0.294. The lowest BCUT2D eigenvalue weighted by molar-refractivity contribution is -0.123. The highest BCUT2D eigenvalue weighted by atomic mass is 79.9. The lowest BCUT2D eigenvalue weighted by atomic mass is 10.3. The Balaban J connectivity index is 1.60. The van der Waals surface area contributed by atoms with E-state index in [0.29, 0.717) is 18.8 Å². The number of aryl methyl sites for hydroxylation is 1. The molecule has 1 aromatic carbocycles. The summed E-state index contributed by atoms with van der Waals surface area (Å²) in [4.78, 5) is 23.2. The minimum atomic E-state index is -0.151. The van der Waals surface area contributed by atoms with Crippen LogP contribution in [0.1, 0.15) is 12.8 Å². The van der Waals surface area contributed by atoms with Gasteiger partial charge in [0, 0.05) is 29.8 Å². The molecule has 2 aromatic rings. The van der Waals surface area contributed by atoms with E-state index in [9.17, 15) is 9.59 Å². The van der Waals surface area contributed by atoms with Crippen molar-refractivity contribution in [1.82, 2.24) is 9.88 Å².